The van der Waals surface area contributed by atoms with Crippen LogP contribution < -0.4 is 25.3 Å². The van der Waals surface area contributed by atoms with E-state index < -0.39 is 0 Å². The molecule has 0 spiro atoms. The van der Waals surface area contributed by atoms with Crippen LogP contribution in [-0.2, 0) is 19.4 Å². The van der Waals surface area contributed by atoms with Crippen LogP contribution in [0.1, 0.15) is 23.1 Å². The van der Waals surface area contributed by atoms with Crippen LogP contribution in [0.2, 0.25) is 0 Å². The third-order valence-corrected chi connectivity index (χ3v) is 5.19. The Morgan fingerprint density at radius 2 is 1.81 bits per heavy atom. The fraction of sp³-hybridized carbons (Fsp3) is 0.250. The standard InChI is InChI=1S/C24H26N4O3/c1-29-20-7-4-8-21(30-2)23(20)31-22-12-9-16(14-26-22)15-27-24(25)28-19-11-10-17-5-3-6-18(17)13-19/h4,7-14H,3,5-6,15H2,1-2H3,(H3,25,27,28). The number of benzene rings is 2. The number of pyridine rings is 1. The van der Waals surface area contributed by atoms with Gasteiger partial charge in [0.05, 0.1) is 20.8 Å². The van der Waals surface area contributed by atoms with E-state index in [4.69, 9.17) is 19.9 Å². The quantitative estimate of drug-likeness (QED) is 0.439. The highest BCUT2D eigenvalue weighted by Crippen LogP contribution is 2.39. The van der Waals surface area contributed by atoms with Crippen LogP contribution in [0.15, 0.2) is 59.7 Å². The van der Waals surface area contributed by atoms with Crippen LogP contribution >= 0.6 is 0 Å². The monoisotopic (exact) mass is 418 g/mol. The number of hydrogen-bond acceptors (Lipinski definition) is 5. The molecule has 0 saturated carbocycles. The minimum atomic E-state index is 0.372. The van der Waals surface area contributed by atoms with Crippen molar-refractivity contribution in [3.63, 3.8) is 0 Å². The van der Waals surface area contributed by atoms with E-state index in [1.54, 1.807) is 38.6 Å². The summed E-state index contributed by atoms with van der Waals surface area (Å²) in [5, 5.41) is 3.17. The van der Waals surface area contributed by atoms with E-state index in [1.165, 1.54) is 17.5 Å². The molecule has 3 aromatic rings. The van der Waals surface area contributed by atoms with Gasteiger partial charge in [-0.3, -0.25) is 0 Å². The van der Waals surface area contributed by atoms with Crippen molar-refractivity contribution in [2.75, 3.05) is 19.5 Å². The molecule has 0 amide bonds. The van der Waals surface area contributed by atoms with Crippen LogP contribution in [0.25, 0.3) is 0 Å². The molecule has 7 nitrogen and oxygen atoms in total. The lowest BCUT2D eigenvalue weighted by Gasteiger charge is -2.13. The molecule has 0 fully saturated rings. The van der Waals surface area contributed by atoms with Crippen molar-refractivity contribution >= 4 is 11.6 Å². The lowest BCUT2D eigenvalue weighted by Crippen LogP contribution is -2.22. The highest BCUT2D eigenvalue weighted by molar-refractivity contribution is 5.92. The molecule has 1 aliphatic rings. The second-order valence-electron chi connectivity index (χ2n) is 7.26. The van der Waals surface area contributed by atoms with Crippen molar-refractivity contribution < 1.29 is 14.2 Å². The topological polar surface area (TPSA) is 91.0 Å². The van der Waals surface area contributed by atoms with Gasteiger partial charge in [0.2, 0.25) is 11.6 Å². The first-order valence-electron chi connectivity index (χ1n) is 10.2. The van der Waals surface area contributed by atoms with Gasteiger partial charge in [-0.15, -0.1) is 0 Å². The summed E-state index contributed by atoms with van der Waals surface area (Å²) in [5.74, 6) is 2.42. The largest absolute Gasteiger partial charge is 0.493 e. The smallest absolute Gasteiger partial charge is 0.219 e. The Morgan fingerprint density at radius 3 is 2.52 bits per heavy atom. The first kappa shape index (κ1) is 20.5. The van der Waals surface area contributed by atoms with Crippen LogP contribution in [0.4, 0.5) is 5.69 Å². The molecular formula is C24H26N4O3. The van der Waals surface area contributed by atoms with E-state index in [9.17, 15) is 0 Å². The van der Waals surface area contributed by atoms with Crippen LogP contribution in [0.5, 0.6) is 23.1 Å². The minimum absolute atomic E-state index is 0.372. The molecule has 160 valence electrons. The van der Waals surface area contributed by atoms with Gasteiger partial charge in [0.1, 0.15) is 0 Å². The lowest BCUT2D eigenvalue weighted by molar-refractivity contribution is 0.342. The molecule has 0 bridgehead atoms. The van der Waals surface area contributed by atoms with Gasteiger partial charge in [-0.25, -0.2) is 9.98 Å². The zero-order chi connectivity index (χ0) is 21.6. The van der Waals surface area contributed by atoms with E-state index in [1.807, 2.05) is 18.2 Å². The molecule has 4 rings (SSSR count). The van der Waals surface area contributed by atoms with Gasteiger partial charge < -0.3 is 25.3 Å². The molecule has 0 unspecified atom stereocenters. The van der Waals surface area contributed by atoms with Gasteiger partial charge in [-0.2, -0.15) is 0 Å². The summed E-state index contributed by atoms with van der Waals surface area (Å²) in [7, 11) is 3.16. The number of aliphatic imine (C=N–C) groups is 1. The number of fused-ring (bicyclic) bond motifs is 1. The fourth-order valence-electron chi connectivity index (χ4n) is 3.60. The van der Waals surface area contributed by atoms with Crippen molar-refractivity contribution in [2.24, 2.45) is 10.7 Å². The van der Waals surface area contributed by atoms with Crippen molar-refractivity contribution in [2.45, 2.75) is 25.8 Å². The summed E-state index contributed by atoms with van der Waals surface area (Å²) >= 11 is 0. The van der Waals surface area contributed by atoms with E-state index in [0.717, 1.165) is 24.1 Å². The number of para-hydroxylation sites is 1. The van der Waals surface area contributed by atoms with Gasteiger partial charge in [0.25, 0.3) is 0 Å². The SMILES string of the molecule is COc1cccc(OC)c1Oc1ccc(CN=C(N)Nc2ccc3c(c2)CCC3)cn1. The normalized spacial score (nSPS) is 12.9. The maximum absolute atomic E-state index is 6.06. The third-order valence-electron chi connectivity index (χ3n) is 5.19. The minimum Gasteiger partial charge on any atom is -0.493 e. The zero-order valence-corrected chi connectivity index (χ0v) is 17.7. The Morgan fingerprint density at radius 1 is 1.03 bits per heavy atom. The predicted octanol–water partition coefficient (Wildman–Crippen LogP) is 4.31. The Hall–Kier alpha value is -3.74. The van der Waals surface area contributed by atoms with Gasteiger partial charge in [-0.1, -0.05) is 18.2 Å². The molecule has 0 aliphatic heterocycles. The van der Waals surface area contributed by atoms with Crippen molar-refractivity contribution in [3.05, 3.63) is 71.4 Å². The molecule has 7 heteroatoms. The Balaban J connectivity index is 1.39. The summed E-state index contributed by atoms with van der Waals surface area (Å²) in [6.45, 7) is 0.412. The molecule has 0 atom stereocenters. The second-order valence-corrected chi connectivity index (χ2v) is 7.26. The first-order chi connectivity index (χ1) is 15.2. The number of hydrogen-bond donors (Lipinski definition) is 2. The highest BCUT2D eigenvalue weighted by atomic mass is 16.5. The Bertz CT molecular complexity index is 1060. The number of ether oxygens (including phenoxy) is 3. The molecule has 3 N–H and O–H groups in total. The summed E-state index contributed by atoms with van der Waals surface area (Å²) in [6, 6.07) is 15.5. The first-order valence-corrected chi connectivity index (χ1v) is 10.2. The molecule has 0 saturated heterocycles. The Labute approximate surface area is 181 Å². The Kier molecular flexibility index (Phi) is 6.21. The highest BCUT2D eigenvalue weighted by Gasteiger charge is 2.13. The molecule has 1 aromatic heterocycles. The number of methoxy groups -OCH3 is 2. The number of guanidine groups is 1. The average Bonchev–Trinajstić information content (AvgIpc) is 3.26. The van der Waals surface area contributed by atoms with E-state index >= 15 is 0 Å². The maximum atomic E-state index is 6.06. The van der Waals surface area contributed by atoms with E-state index in [0.29, 0.717) is 35.6 Å². The van der Waals surface area contributed by atoms with Crippen LogP contribution in [0.3, 0.4) is 0 Å². The van der Waals surface area contributed by atoms with Gasteiger partial charge in [0, 0.05) is 18.0 Å². The molecular weight excluding hydrogens is 392 g/mol. The molecule has 1 aliphatic carbocycles. The lowest BCUT2D eigenvalue weighted by atomic mass is 10.1. The number of rotatable bonds is 7. The third kappa shape index (κ3) is 4.88. The van der Waals surface area contributed by atoms with Crippen molar-refractivity contribution in [1.82, 2.24) is 4.98 Å². The van der Waals surface area contributed by atoms with E-state index in [-0.39, 0.29) is 0 Å². The number of nitrogens with one attached hydrogen (secondary N) is 1. The maximum Gasteiger partial charge on any atom is 0.219 e. The summed E-state index contributed by atoms with van der Waals surface area (Å²) < 4.78 is 16.6. The molecule has 2 aromatic carbocycles. The number of anilines is 1. The number of aromatic nitrogens is 1. The average molecular weight is 418 g/mol. The van der Waals surface area contributed by atoms with Crippen LogP contribution in [-0.4, -0.2) is 25.2 Å². The van der Waals surface area contributed by atoms with Crippen molar-refractivity contribution in [1.29, 1.82) is 0 Å². The van der Waals surface area contributed by atoms with E-state index in [2.05, 4.69) is 27.4 Å². The van der Waals surface area contributed by atoms with Gasteiger partial charge in [-0.05, 0) is 60.2 Å². The van der Waals surface area contributed by atoms with Crippen molar-refractivity contribution in [3.8, 4) is 23.1 Å². The summed E-state index contributed by atoms with van der Waals surface area (Å²) in [6.07, 6.45) is 5.22. The number of nitrogens with two attached hydrogens (primary N) is 1. The molecule has 31 heavy (non-hydrogen) atoms. The fourth-order valence-corrected chi connectivity index (χ4v) is 3.60. The number of aryl methyl sites for hydroxylation is 2. The van der Waals surface area contributed by atoms with Gasteiger partial charge >= 0.3 is 0 Å². The molecule has 1 heterocycles. The summed E-state index contributed by atoms with van der Waals surface area (Å²) in [4.78, 5) is 8.78. The number of nitrogens with zero attached hydrogens (tertiary/aromatic N) is 2. The van der Waals surface area contributed by atoms with Crippen LogP contribution in [0, 0.1) is 0 Å². The molecule has 0 radical (unpaired) electrons. The summed E-state index contributed by atoms with van der Waals surface area (Å²) in [5.41, 5.74) is 10.8. The second kappa shape index (κ2) is 9.38. The predicted molar refractivity (Wildman–Crippen MR) is 121 cm³/mol. The van der Waals surface area contributed by atoms with Gasteiger partial charge in [0.15, 0.2) is 17.5 Å². The zero-order valence-electron chi connectivity index (χ0n) is 17.7.